The number of hydrogen-bond acceptors (Lipinski definition) is 6. The number of ether oxygens (including phenoxy) is 2. The molecule has 2 N–H and O–H groups in total. The van der Waals surface area contributed by atoms with Crippen LogP contribution in [-0.2, 0) is 11.4 Å². The summed E-state index contributed by atoms with van der Waals surface area (Å²) in [4.78, 5) is 16.9. The highest BCUT2D eigenvalue weighted by Crippen LogP contribution is 2.31. The number of anilines is 2. The van der Waals surface area contributed by atoms with Crippen molar-refractivity contribution in [1.82, 2.24) is 9.38 Å². The number of carbonyl (C=O) groups excluding carboxylic acids is 1. The van der Waals surface area contributed by atoms with Crippen molar-refractivity contribution >= 4 is 22.9 Å². The van der Waals surface area contributed by atoms with E-state index in [-0.39, 0.29) is 19.1 Å². The highest BCUT2D eigenvalue weighted by molar-refractivity contribution is 5.94. The Balaban J connectivity index is 1.38. The fraction of sp³-hybridized carbons (Fsp3) is 0.125. The zero-order chi connectivity index (χ0) is 22.3. The third-order valence-electron chi connectivity index (χ3n) is 4.70. The molecule has 0 aliphatic carbocycles. The quantitative estimate of drug-likeness (QED) is 0.443. The molecule has 0 spiro atoms. The van der Waals surface area contributed by atoms with E-state index in [1.54, 1.807) is 49.6 Å². The molecule has 8 heteroatoms. The van der Waals surface area contributed by atoms with E-state index in [2.05, 4.69) is 21.7 Å². The Bertz CT molecular complexity index is 1240. The summed E-state index contributed by atoms with van der Waals surface area (Å²) in [6.45, 7) is 0.338. The second-order valence-corrected chi connectivity index (χ2v) is 6.94. The summed E-state index contributed by atoms with van der Waals surface area (Å²) in [5, 5.41) is 14.7. The number of nitrogens with zero attached hydrogens (tertiary/aromatic N) is 3. The average Bonchev–Trinajstić information content (AvgIpc) is 3.25. The fourth-order valence-corrected chi connectivity index (χ4v) is 3.13. The number of amides is 1. The van der Waals surface area contributed by atoms with Crippen LogP contribution in [0.4, 0.5) is 11.4 Å². The molecule has 160 valence electrons. The van der Waals surface area contributed by atoms with Gasteiger partial charge in [-0.15, -0.1) is 0 Å². The van der Waals surface area contributed by atoms with E-state index in [4.69, 9.17) is 14.7 Å². The maximum absolute atomic E-state index is 12.3. The van der Waals surface area contributed by atoms with Gasteiger partial charge in [0.25, 0.3) is 0 Å². The SMILES string of the molecule is COc1ccc(NC(=O)CNc2ccc(C#N)cc2)cc1OCc1cn2ccccc2n1. The number of aromatic nitrogens is 2. The third-order valence-corrected chi connectivity index (χ3v) is 4.70. The second-order valence-electron chi connectivity index (χ2n) is 6.94. The monoisotopic (exact) mass is 427 g/mol. The van der Waals surface area contributed by atoms with Crippen LogP contribution in [0.15, 0.2) is 73.1 Å². The van der Waals surface area contributed by atoms with Crippen LogP contribution in [-0.4, -0.2) is 28.9 Å². The van der Waals surface area contributed by atoms with Crippen LogP contribution in [0.5, 0.6) is 11.5 Å². The van der Waals surface area contributed by atoms with Crippen LogP contribution in [0.2, 0.25) is 0 Å². The first kappa shape index (κ1) is 20.8. The van der Waals surface area contributed by atoms with Crippen LogP contribution >= 0.6 is 0 Å². The Morgan fingerprint density at radius 3 is 2.66 bits per heavy atom. The lowest BCUT2D eigenvalue weighted by Crippen LogP contribution is -2.21. The molecular formula is C24H21N5O3. The summed E-state index contributed by atoms with van der Waals surface area (Å²) in [7, 11) is 1.56. The van der Waals surface area contributed by atoms with E-state index in [0.717, 1.165) is 17.0 Å². The first-order valence-corrected chi connectivity index (χ1v) is 9.92. The molecule has 0 saturated heterocycles. The summed E-state index contributed by atoms with van der Waals surface area (Å²) in [6, 6.07) is 19.9. The summed E-state index contributed by atoms with van der Waals surface area (Å²) in [5.74, 6) is 0.843. The number of pyridine rings is 1. The molecule has 0 atom stereocenters. The number of rotatable bonds is 8. The summed E-state index contributed by atoms with van der Waals surface area (Å²) in [5.41, 5.74) is 3.52. The minimum atomic E-state index is -0.217. The number of carbonyl (C=O) groups is 1. The maximum Gasteiger partial charge on any atom is 0.243 e. The van der Waals surface area contributed by atoms with E-state index in [1.807, 2.05) is 35.0 Å². The molecule has 0 aliphatic rings. The normalized spacial score (nSPS) is 10.4. The number of fused-ring (bicyclic) bond motifs is 1. The summed E-state index contributed by atoms with van der Waals surface area (Å²) in [6.07, 6.45) is 3.83. The predicted molar refractivity (Wildman–Crippen MR) is 121 cm³/mol. The third kappa shape index (κ3) is 4.96. The Morgan fingerprint density at radius 2 is 1.91 bits per heavy atom. The van der Waals surface area contributed by atoms with Crippen molar-refractivity contribution in [3.63, 3.8) is 0 Å². The van der Waals surface area contributed by atoms with Gasteiger partial charge < -0.3 is 24.5 Å². The predicted octanol–water partition coefficient (Wildman–Crippen LogP) is 3.84. The average molecular weight is 427 g/mol. The largest absolute Gasteiger partial charge is 0.493 e. The van der Waals surface area contributed by atoms with Crippen LogP contribution in [0.3, 0.4) is 0 Å². The number of hydrogen-bond donors (Lipinski definition) is 2. The minimum Gasteiger partial charge on any atom is -0.493 e. The first-order valence-electron chi connectivity index (χ1n) is 9.92. The van der Waals surface area contributed by atoms with E-state index < -0.39 is 0 Å². The molecule has 1 amide bonds. The Kier molecular flexibility index (Phi) is 6.18. The van der Waals surface area contributed by atoms with Crippen molar-refractivity contribution in [3.8, 4) is 17.6 Å². The van der Waals surface area contributed by atoms with Gasteiger partial charge in [0.05, 0.1) is 31.0 Å². The van der Waals surface area contributed by atoms with E-state index in [1.165, 1.54) is 0 Å². The summed E-state index contributed by atoms with van der Waals surface area (Å²) < 4.78 is 13.2. The van der Waals surface area contributed by atoms with Gasteiger partial charge in [-0.05, 0) is 48.5 Å². The van der Waals surface area contributed by atoms with Gasteiger partial charge in [-0.1, -0.05) is 6.07 Å². The molecular weight excluding hydrogens is 406 g/mol. The molecule has 2 aromatic heterocycles. The van der Waals surface area contributed by atoms with Gasteiger partial charge in [-0.25, -0.2) is 4.98 Å². The molecule has 0 radical (unpaired) electrons. The van der Waals surface area contributed by atoms with Gasteiger partial charge in [0.15, 0.2) is 11.5 Å². The number of methoxy groups -OCH3 is 1. The Morgan fingerprint density at radius 1 is 1.09 bits per heavy atom. The molecule has 2 aromatic carbocycles. The van der Waals surface area contributed by atoms with Crippen molar-refractivity contribution in [1.29, 1.82) is 5.26 Å². The zero-order valence-corrected chi connectivity index (χ0v) is 17.4. The number of imidazole rings is 1. The van der Waals surface area contributed by atoms with E-state index in [9.17, 15) is 4.79 Å². The molecule has 4 aromatic rings. The van der Waals surface area contributed by atoms with Gasteiger partial charge >= 0.3 is 0 Å². The van der Waals surface area contributed by atoms with Gasteiger partial charge in [-0.3, -0.25) is 4.79 Å². The second kappa shape index (κ2) is 9.53. The van der Waals surface area contributed by atoms with Crippen molar-refractivity contribution in [3.05, 3.63) is 84.3 Å². The van der Waals surface area contributed by atoms with E-state index in [0.29, 0.717) is 22.7 Å². The van der Waals surface area contributed by atoms with Crippen molar-refractivity contribution in [2.75, 3.05) is 24.3 Å². The van der Waals surface area contributed by atoms with Crippen LogP contribution in [0.25, 0.3) is 5.65 Å². The highest BCUT2D eigenvalue weighted by Gasteiger charge is 2.10. The molecule has 2 heterocycles. The fourth-order valence-electron chi connectivity index (χ4n) is 3.13. The summed E-state index contributed by atoms with van der Waals surface area (Å²) >= 11 is 0. The van der Waals surface area contributed by atoms with E-state index >= 15 is 0 Å². The number of nitrogens with one attached hydrogen (secondary N) is 2. The molecule has 0 fully saturated rings. The van der Waals surface area contributed by atoms with Gasteiger partial charge in [-0.2, -0.15) is 5.26 Å². The molecule has 32 heavy (non-hydrogen) atoms. The van der Waals surface area contributed by atoms with Crippen LogP contribution in [0, 0.1) is 11.3 Å². The van der Waals surface area contributed by atoms with Crippen molar-refractivity contribution < 1.29 is 14.3 Å². The Hall–Kier alpha value is -4.51. The smallest absolute Gasteiger partial charge is 0.243 e. The number of nitriles is 1. The molecule has 4 rings (SSSR count). The lowest BCUT2D eigenvalue weighted by atomic mass is 10.2. The topological polar surface area (TPSA) is 101 Å². The molecule has 8 nitrogen and oxygen atoms in total. The van der Waals surface area contributed by atoms with Gasteiger partial charge in [0.2, 0.25) is 5.91 Å². The van der Waals surface area contributed by atoms with Gasteiger partial charge in [0.1, 0.15) is 12.3 Å². The molecule has 0 aliphatic heterocycles. The van der Waals surface area contributed by atoms with Crippen molar-refractivity contribution in [2.24, 2.45) is 0 Å². The minimum absolute atomic E-state index is 0.0787. The lowest BCUT2D eigenvalue weighted by molar-refractivity contribution is -0.114. The zero-order valence-electron chi connectivity index (χ0n) is 17.4. The van der Waals surface area contributed by atoms with Crippen LogP contribution in [0.1, 0.15) is 11.3 Å². The lowest BCUT2D eigenvalue weighted by Gasteiger charge is -2.13. The number of benzene rings is 2. The first-order chi connectivity index (χ1) is 15.6. The maximum atomic E-state index is 12.3. The highest BCUT2D eigenvalue weighted by atomic mass is 16.5. The molecule has 0 bridgehead atoms. The molecule has 0 saturated carbocycles. The molecule has 0 unspecified atom stereocenters. The Labute approximate surface area is 185 Å². The standard InChI is InChI=1S/C24H21N5O3/c1-31-21-10-9-19(28-24(30)14-26-18-7-5-17(13-25)6-8-18)12-22(21)32-16-20-15-29-11-3-2-4-23(29)27-20/h2-12,15,26H,14,16H2,1H3,(H,28,30). The van der Waals surface area contributed by atoms with Crippen LogP contribution < -0.4 is 20.1 Å². The van der Waals surface area contributed by atoms with Crippen molar-refractivity contribution in [2.45, 2.75) is 6.61 Å². The van der Waals surface area contributed by atoms with Gasteiger partial charge in [0, 0.05) is 29.8 Å².